The molecule has 0 amide bonds. The molecule has 0 saturated carbocycles. The van der Waals surface area contributed by atoms with Gasteiger partial charge in [0, 0.05) is 6.42 Å². The summed E-state index contributed by atoms with van der Waals surface area (Å²) in [5.74, 6) is 0.0252. The molecule has 0 fully saturated rings. The zero-order valence-electron chi connectivity index (χ0n) is 16.9. The lowest BCUT2D eigenvalue weighted by Crippen LogP contribution is -2.37. The molecule has 0 aromatic heterocycles. The Morgan fingerprint density at radius 1 is 1.22 bits per heavy atom. The Balaban J connectivity index is 2.68. The zero-order valence-corrected chi connectivity index (χ0v) is 17.7. The molecule has 1 aliphatic rings. The molecular weight excluding hydrogens is 360 g/mol. The van der Waals surface area contributed by atoms with Gasteiger partial charge in [0.25, 0.3) is 0 Å². The van der Waals surface area contributed by atoms with Crippen molar-refractivity contribution in [2.24, 2.45) is 5.41 Å². The minimum absolute atomic E-state index is 0.0252. The van der Waals surface area contributed by atoms with Crippen LogP contribution in [0.5, 0.6) is 0 Å². The molecule has 0 aliphatic heterocycles. The van der Waals surface area contributed by atoms with Crippen molar-refractivity contribution in [1.82, 2.24) is 0 Å². The van der Waals surface area contributed by atoms with Crippen LogP contribution < -0.4 is 0 Å². The molecule has 0 bridgehead atoms. The van der Waals surface area contributed by atoms with Gasteiger partial charge < -0.3 is 5.11 Å². The fraction of sp³-hybridized carbons (Fsp3) is 0.500. The second-order valence-electron chi connectivity index (χ2n) is 8.13. The van der Waals surface area contributed by atoms with E-state index in [2.05, 4.69) is 0 Å². The van der Waals surface area contributed by atoms with Gasteiger partial charge in [0.2, 0.25) is 0 Å². The largest absolute Gasteiger partial charge is 0.392 e. The first-order chi connectivity index (χ1) is 12.5. The molecule has 148 valence electrons. The van der Waals surface area contributed by atoms with Gasteiger partial charge in [-0.1, -0.05) is 43.2 Å². The van der Waals surface area contributed by atoms with Gasteiger partial charge in [-0.15, -0.1) is 0 Å². The molecule has 0 saturated heterocycles. The first kappa shape index (κ1) is 21.6. The highest BCUT2D eigenvalue weighted by Crippen LogP contribution is 2.45. The van der Waals surface area contributed by atoms with Gasteiger partial charge in [-0.25, -0.2) is 8.42 Å². The SMILES string of the molecule is CC(=CCO)CC(C1=C(C)C(=O)CCC1(C)C)S(=O)(=O)c1ccc(C)cc1. The van der Waals surface area contributed by atoms with Gasteiger partial charge in [-0.05, 0) is 62.3 Å². The van der Waals surface area contributed by atoms with Gasteiger partial charge in [0.15, 0.2) is 15.6 Å². The summed E-state index contributed by atoms with van der Waals surface area (Å²) in [5.41, 5.74) is 2.70. The fourth-order valence-electron chi connectivity index (χ4n) is 3.87. The average molecular weight is 391 g/mol. The van der Waals surface area contributed by atoms with E-state index in [1.807, 2.05) is 27.7 Å². The van der Waals surface area contributed by atoms with Gasteiger partial charge in [0.05, 0.1) is 16.8 Å². The maximum absolute atomic E-state index is 13.6. The minimum atomic E-state index is -3.69. The van der Waals surface area contributed by atoms with Crippen molar-refractivity contribution < 1.29 is 18.3 Å². The number of hydrogen-bond acceptors (Lipinski definition) is 4. The Morgan fingerprint density at radius 3 is 2.37 bits per heavy atom. The highest BCUT2D eigenvalue weighted by atomic mass is 32.2. The summed E-state index contributed by atoms with van der Waals surface area (Å²) in [6.45, 7) is 9.38. The zero-order chi connectivity index (χ0) is 20.4. The van der Waals surface area contributed by atoms with Crippen molar-refractivity contribution in [3.63, 3.8) is 0 Å². The van der Waals surface area contributed by atoms with Gasteiger partial charge in [-0.3, -0.25) is 4.79 Å². The van der Waals surface area contributed by atoms with Crippen molar-refractivity contribution in [3.05, 3.63) is 52.6 Å². The normalized spacial score (nSPS) is 19.3. The lowest BCUT2D eigenvalue weighted by atomic mass is 9.70. The van der Waals surface area contributed by atoms with E-state index in [-0.39, 0.29) is 29.1 Å². The van der Waals surface area contributed by atoms with Crippen LogP contribution >= 0.6 is 0 Å². The van der Waals surface area contributed by atoms with Crippen molar-refractivity contribution >= 4 is 15.6 Å². The van der Waals surface area contributed by atoms with E-state index in [9.17, 15) is 18.3 Å². The summed E-state index contributed by atoms with van der Waals surface area (Å²) in [5, 5.41) is 8.40. The molecule has 2 rings (SSSR count). The van der Waals surface area contributed by atoms with Crippen LogP contribution in [-0.2, 0) is 14.6 Å². The summed E-state index contributed by atoms with van der Waals surface area (Å²) < 4.78 is 27.2. The van der Waals surface area contributed by atoms with E-state index in [1.165, 1.54) is 0 Å². The van der Waals surface area contributed by atoms with E-state index in [0.717, 1.165) is 11.1 Å². The monoisotopic (exact) mass is 390 g/mol. The molecular formula is C22H30O4S. The highest BCUT2D eigenvalue weighted by molar-refractivity contribution is 7.92. The third-order valence-corrected chi connectivity index (χ3v) is 7.60. The Bertz CT molecular complexity index is 871. The summed E-state index contributed by atoms with van der Waals surface area (Å²) >= 11 is 0. The number of carbonyl (C=O) groups excluding carboxylic acids is 1. The number of ketones is 1. The summed E-state index contributed by atoms with van der Waals surface area (Å²) in [6.07, 6.45) is 2.98. The summed E-state index contributed by atoms with van der Waals surface area (Å²) in [7, 11) is -3.69. The smallest absolute Gasteiger partial charge is 0.185 e. The van der Waals surface area contributed by atoms with E-state index in [0.29, 0.717) is 24.0 Å². The Kier molecular flexibility index (Phi) is 6.48. The van der Waals surface area contributed by atoms with E-state index in [4.69, 9.17) is 0 Å². The molecule has 1 aliphatic carbocycles. The quantitative estimate of drug-likeness (QED) is 0.740. The third kappa shape index (κ3) is 4.58. The van der Waals surface area contributed by atoms with Crippen LogP contribution in [-0.4, -0.2) is 31.2 Å². The predicted octanol–water partition coefficient (Wildman–Crippen LogP) is 4.17. The molecule has 0 heterocycles. The van der Waals surface area contributed by atoms with Gasteiger partial charge in [-0.2, -0.15) is 0 Å². The maximum Gasteiger partial charge on any atom is 0.185 e. The molecule has 0 radical (unpaired) electrons. The standard InChI is InChI=1S/C22H30O4S/c1-15-6-8-18(9-7-15)27(25,26)20(14-16(2)11-13-23)21-17(3)19(24)10-12-22(21,4)5/h6-9,11,20,23H,10,12-14H2,1-5H3. The van der Waals surface area contributed by atoms with E-state index < -0.39 is 15.1 Å². The predicted molar refractivity (Wildman–Crippen MR) is 108 cm³/mol. The Labute approximate surface area is 162 Å². The van der Waals surface area contributed by atoms with Crippen LogP contribution in [0.25, 0.3) is 0 Å². The van der Waals surface area contributed by atoms with Crippen LogP contribution in [0.3, 0.4) is 0 Å². The molecule has 5 heteroatoms. The van der Waals surface area contributed by atoms with Crippen molar-refractivity contribution in [1.29, 1.82) is 0 Å². The van der Waals surface area contributed by atoms with Crippen LogP contribution in [0.1, 0.15) is 52.5 Å². The summed E-state index contributed by atoms with van der Waals surface area (Å²) in [6, 6.07) is 6.85. The first-order valence-electron chi connectivity index (χ1n) is 9.32. The Hall–Kier alpha value is -1.72. The van der Waals surface area contributed by atoms with Crippen LogP contribution in [0.4, 0.5) is 0 Å². The van der Waals surface area contributed by atoms with E-state index in [1.54, 1.807) is 37.3 Å². The van der Waals surface area contributed by atoms with Crippen molar-refractivity contribution in [2.75, 3.05) is 6.61 Å². The number of benzene rings is 1. The molecule has 1 atom stereocenters. The van der Waals surface area contributed by atoms with E-state index >= 15 is 0 Å². The van der Waals surface area contributed by atoms with Crippen LogP contribution in [0, 0.1) is 12.3 Å². The molecule has 4 nitrogen and oxygen atoms in total. The number of aryl methyl sites for hydroxylation is 1. The lowest BCUT2D eigenvalue weighted by molar-refractivity contribution is -0.116. The van der Waals surface area contributed by atoms with Crippen molar-refractivity contribution in [2.45, 2.75) is 64.0 Å². The van der Waals surface area contributed by atoms with Crippen molar-refractivity contribution in [3.8, 4) is 0 Å². The third-order valence-electron chi connectivity index (χ3n) is 5.52. The highest BCUT2D eigenvalue weighted by Gasteiger charge is 2.42. The second kappa shape index (κ2) is 8.11. The number of hydrogen-bond donors (Lipinski definition) is 1. The molecule has 1 unspecified atom stereocenters. The van der Waals surface area contributed by atoms with Gasteiger partial charge in [0.1, 0.15) is 0 Å². The van der Waals surface area contributed by atoms with Gasteiger partial charge >= 0.3 is 0 Å². The number of allylic oxidation sites excluding steroid dienone is 2. The lowest BCUT2D eigenvalue weighted by Gasteiger charge is -2.38. The topological polar surface area (TPSA) is 71.4 Å². The minimum Gasteiger partial charge on any atom is -0.392 e. The number of carbonyl (C=O) groups is 1. The number of sulfone groups is 1. The number of rotatable bonds is 6. The molecule has 1 N–H and O–H groups in total. The molecule has 1 aromatic carbocycles. The first-order valence-corrected chi connectivity index (χ1v) is 10.9. The number of aliphatic hydroxyl groups is 1. The number of aliphatic hydroxyl groups excluding tert-OH is 1. The molecule has 27 heavy (non-hydrogen) atoms. The van der Waals surface area contributed by atoms with Crippen LogP contribution in [0.2, 0.25) is 0 Å². The Morgan fingerprint density at radius 2 is 1.81 bits per heavy atom. The summed E-state index contributed by atoms with van der Waals surface area (Å²) in [4.78, 5) is 12.7. The average Bonchev–Trinajstić information content (AvgIpc) is 2.58. The maximum atomic E-state index is 13.6. The molecule has 1 aromatic rings. The van der Waals surface area contributed by atoms with Crippen LogP contribution in [0.15, 0.2) is 52.0 Å². The molecule has 0 spiro atoms. The number of Topliss-reactive ketones (excluding diaryl/α,β-unsaturated/α-hetero) is 1. The second-order valence-corrected chi connectivity index (χ2v) is 10.3. The fourth-order valence-corrected chi connectivity index (χ4v) is 6.01.